The van der Waals surface area contributed by atoms with Gasteiger partial charge in [-0.2, -0.15) is 0 Å². The summed E-state index contributed by atoms with van der Waals surface area (Å²) in [6.45, 7) is 1.77. The second-order valence-electron chi connectivity index (χ2n) is 13.0. The van der Waals surface area contributed by atoms with E-state index in [1.54, 1.807) is 28.4 Å². The van der Waals surface area contributed by atoms with Crippen molar-refractivity contribution in [2.24, 2.45) is 0 Å². The predicted molar refractivity (Wildman–Crippen MR) is 219 cm³/mol. The van der Waals surface area contributed by atoms with E-state index in [0.29, 0.717) is 6.54 Å². The first kappa shape index (κ1) is 40.5. The normalized spacial score (nSPS) is 11.8. The van der Waals surface area contributed by atoms with Crippen LogP contribution in [0.25, 0.3) is 21.8 Å². The largest absolute Gasteiger partial charge is 1.00 e. The fourth-order valence-corrected chi connectivity index (χ4v) is 7.39. The van der Waals surface area contributed by atoms with Crippen molar-refractivity contribution < 1.29 is 61.5 Å². The molecule has 7 aromatic rings. The van der Waals surface area contributed by atoms with Crippen molar-refractivity contribution in [1.29, 1.82) is 0 Å². The quantitative estimate of drug-likeness (QED) is 0.0845. The van der Waals surface area contributed by atoms with E-state index in [1.807, 2.05) is 121 Å². The fourth-order valence-electron chi connectivity index (χ4n) is 7.00. The SMILES string of the molecule is COc1ccc(N(c2ccc(OC)cc2)c2cccc3c2c2c(N(c4ccc(OC)cc4)c4ccc(OC)cc4)cccc2n3CCC(C)S(=O)(=O)[O-])cc1.[Na+]. The molecule has 1 aromatic heterocycles. The maximum atomic E-state index is 12.1. The van der Waals surface area contributed by atoms with E-state index in [-0.39, 0.29) is 36.0 Å². The van der Waals surface area contributed by atoms with E-state index in [2.05, 4.69) is 26.5 Å². The minimum absolute atomic E-state index is 0. The van der Waals surface area contributed by atoms with E-state index in [1.165, 1.54) is 6.92 Å². The molecule has 282 valence electrons. The molecule has 0 spiro atoms. The standard InChI is InChI=1S/C44H43N3O7S.Na/c1-30(55(48,49)50)28-29-45-39-8-6-10-41(46(31-12-20-35(51-2)21-13-31)32-14-22-36(52-3)23-15-32)43(39)44-40(45)9-7-11-42(44)47(33-16-24-37(53-4)25-17-33)34-18-26-38(54-5)27-19-34;/h6-27,30H,28-29H2,1-5H3,(H,48,49,50);/q;+1/p-1. The topological polar surface area (TPSA) is 106 Å². The molecule has 12 heteroatoms. The molecule has 10 nitrogen and oxygen atoms in total. The summed E-state index contributed by atoms with van der Waals surface area (Å²) in [5.74, 6) is 2.92. The van der Waals surface area contributed by atoms with Crippen LogP contribution < -0.4 is 58.3 Å². The molecule has 1 heterocycles. The zero-order chi connectivity index (χ0) is 38.7. The van der Waals surface area contributed by atoms with Crippen molar-refractivity contribution in [1.82, 2.24) is 4.57 Å². The Bertz CT molecular complexity index is 2270. The van der Waals surface area contributed by atoms with Crippen molar-refractivity contribution in [3.05, 3.63) is 133 Å². The molecule has 0 bridgehead atoms. The summed E-state index contributed by atoms with van der Waals surface area (Å²) in [7, 11) is 2.08. The van der Waals surface area contributed by atoms with Gasteiger partial charge in [0.15, 0.2) is 0 Å². The summed E-state index contributed by atoms with van der Waals surface area (Å²) in [5, 5.41) is 0.797. The third-order valence-corrected chi connectivity index (χ3v) is 11.2. The zero-order valence-electron chi connectivity index (χ0n) is 32.3. The van der Waals surface area contributed by atoms with Gasteiger partial charge in [0.2, 0.25) is 0 Å². The Morgan fingerprint density at radius 2 is 0.839 bits per heavy atom. The van der Waals surface area contributed by atoms with Gasteiger partial charge in [-0.1, -0.05) is 12.1 Å². The van der Waals surface area contributed by atoms with Gasteiger partial charge in [0, 0.05) is 45.3 Å². The molecule has 7 rings (SSSR count). The van der Waals surface area contributed by atoms with Crippen LogP contribution in [-0.4, -0.2) is 51.2 Å². The first-order valence-electron chi connectivity index (χ1n) is 17.8. The summed E-state index contributed by atoms with van der Waals surface area (Å²) in [6.07, 6.45) is 0.139. The predicted octanol–water partition coefficient (Wildman–Crippen LogP) is 7.10. The first-order chi connectivity index (χ1) is 26.6. The van der Waals surface area contributed by atoms with Crippen LogP contribution in [0.15, 0.2) is 133 Å². The van der Waals surface area contributed by atoms with E-state index in [9.17, 15) is 13.0 Å². The van der Waals surface area contributed by atoms with Crippen LogP contribution in [0.3, 0.4) is 0 Å². The summed E-state index contributed by atoms with van der Waals surface area (Å²) in [4.78, 5) is 4.38. The van der Waals surface area contributed by atoms with Crippen molar-refractivity contribution in [2.75, 3.05) is 38.2 Å². The second-order valence-corrected chi connectivity index (χ2v) is 14.8. The van der Waals surface area contributed by atoms with Gasteiger partial charge in [-0.15, -0.1) is 0 Å². The number of nitrogens with zero attached hydrogens (tertiary/aromatic N) is 3. The molecule has 0 aliphatic rings. The van der Waals surface area contributed by atoms with Crippen LogP contribution in [-0.2, 0) is 16.7 Å². The fraction of sp³-hybridized carbons (Fsp3) is 0.182. The number of benzene rings is 6. The van der Waals surface area contributed by atoms with E-state index in [0.717, 1.165) is 78.9 Å². The molecule has 0 aliphatic carbocycles. The van der Waals surface area contributed by atoms with Gasteiger partial charge < -0.3 is 37.9 Å². The molecule has 6 aromatic carbocycles. The molecule has 0 fully saturated rings. The van der Waals surface area contributed by atoms with Crippen molar-refractivity contribution in [2.45, 2.75) is 25.1 Å². The van der Waals surface area contributed by atoms with Gasteiger partial charge in [0.1, 0.15) is 23.0 Å². The Kier molecular flexibility index (Phi) is 12.5. The Hall–Kier alpha value is -5.17. The van der Waals surface area contributed by atoms with Crippen LogP contribution in [0.5, 0.6) is 23.0 Å². The number of methoxy groups -OCH3 is 4. The maximum absolute atomic E-state index is 12.1. The van der Waals surface area contributed by atoms with Gasteiger partial charge in [0.25, 0.3) is 0 Å². The third-order valence-electron chi connectivity index (χ3n) is 9.93. The average Bonchev–Trinajstić information content (AvgIpc) is 3.55. The summed E-state index contributed by atoms with van der Waals surface area (Å²) in [6, 6.07) is 43.9. The third kappa shape index (κ3) is 8.05. The van der Waals surface area contributed by atoms with Gasteiger partial charge in [-0.3, -0.25) is 0 Å². The number of rotatable bonds is 14. The minimum Gasteiger partial charge on any atom is -0.748 e. The molecule has 0 radical (unpaired) electrons. The average molecular weight is 780 g/mol. The summed E-state index contributed by atoms with van der Waals surface area (Å²) in [5.41, 5.74) is 7.11. The molecule has 0 amide bonds. The van der Waals surface area contributed by atoms with E-state index in [4.69, 9.17) is 18.9 Å². The number of hydrogen-bond acceptors (Lipinski definition) is 9. The first-order valence-corrected chi connectivity index (χ1v) is 19.3. The minimum atomic E-state index is -4.49. The number of fused-ring (bicyclic) bond motifs is 3. The molecule has 0 N–H and O–H groups in total. The number of hydrogen-bond donors (Lipinski definition) is 0. The van der Waals surface area contributed by atoms with Crippen LogP contribution in [0.2, 0.25) is 0 Å². The molecular formula is C44H42N3NaO7S. The monoisotopic (exact) mass is 779 g/mol. The van der Waals surface area contributed by atoms with Gasteiger partial charge in [0.05, 0.1) is 61.0 Å². The second kappa shape index (κ2) is 17.3. The Labute approximate surface area is 349 Å². The molecule has 0 saturated heterocycles. The van der Waals surface area contributed by atoms with Crippen molar-refractivity contribution >= 4 is 66.0 Å². The molecule has 1 unspecified atom stereocenters. The Morgan fingerprint density at radius 1 is 0.536 bits per heavy atom. The Balaban J connectivity index is 0.00000532. The van der Waals surface area contributed by atoms with Gasteiger partial charge in [-0.05, 0) is 135 Å². The van der Waals surface area contributed by atoms with E-state index >= 15 is 0 Å². The number of anilines is 6. The summed E-state index contributed by atoms with van der Waals surface area (Å²) < 4.78 is 60.5. The van der Waals surface area contributed by atoms with Crippen molar-refractivity contribution in [3.63, 3.8) is 0 Å². The number of ether oxygens (including phenoxy) is 4. The van der Waals surface area contributed by atoms with Crippen LogP contribution in [0.4, 0.5) is 34.1 Å². The maximum Gasteiger partial charge on any atom is 1.00 e. The zero-order valence-corrected chi connectivity index (χ0v) is 35.1. The van der Waals surface area contributed by atoms with Gasteiger partial charge in [-0.25, -0.2) is 8.42 Å². The van der Waals surface area contributed by atoms with Crippen LogP contribution in [0, 0.1) is 0 Å². The number of aromatic nitrogens is 1. The Morgan fingerprint density at radius 3 is 1.11 bits per heavy atom. The smallest absolute Gasteiger partial charge is 0.748 e. The van der Waals surface area contributed by atoms with Crippen LogP contribution in [0.1, 0.15) is 13.3 Å². The molecule has 1 atom stereocenters. The molecule has 0 aliphatic heterocycles. The van der Waals surface area contributed by atoms with Crippen LogP contribution >= 0.6 is 0 Å². The molecular weight excluding hydrogens is 738 g/mol. The number of aryl methyl sites for hydroxylation is 1. The molecule has 56 heavy (non-hydrogen) atoms. The molecule has 0 saturated carbocycles. The van der Waals surface area contributed by atoms with Gasteiger partial charge >= 0.3 is 29.6 Å². The van der Waals surface area contributed by atoms with E-state index < -0.39 is 15.4 Å². The summed E-state index contributed by atoms with van der Waals surface area (Å²) >= 11 is 0. The van der Waals surface area contributed by atoms with Crippen molar-refractivity contribution in [3.8, 4) is 23.0 Å².